The Hall–Kier alpha value is -2.94. The second-order valence-corrected chi connectivity index (χ2v) is 10.3. The van der Waals surface area contributed by atoms with Crippen molar-refractivity contribution in [3.8, 4) is 5.75 Å². The molecule has 1 aliphatic carbocycles. The summed E-state index contributed by atoms with van der Waals surface area (Å²) in [5.41, 5.74) is 9.37. The van der Waals surface area contributed by atoms with E-state index in [0.29, 0.717) is 23.3 Å². The quantitative estimate of drug-likeness (QED) is 0.554. The predicted octanol–water partition coefficient (Wildman–Crippen LogP) is 2.18. The standard InChI is InChI=1S/C23H27FN2O5S/c1-31-21-17-6-3-5-16(17)15(13-19(21)22(25)27)11-14-7-8-18(20(24)12-14)23(28)26-9-4-10-32(2,29)30/h7-8,12-13H,3-6,9-11H2,1-2H3,(H2,25,27)(H,26,28). The topological polar surface area (TPSA) is 116 Å². The Morgan fingerprint density at radius 3 is 2.50 bits per heavy atom. The number of carbonyl (C=O) groups excluding carboxylic acids is 2. The summed E-state index contributed by atoms with van der Waals surface area (Å²) < 4.78 is 42.4. The Morgan fingerprint density at radius 2 is 1.88 bits per heavy atom. The summed E-state index contributed by atoms with van der Waals surface area (Å²) in [6.07, 6.45) is 4.34. The Balaban J connectivity index is 1.78. The molecule has 0 saturated heterocycles. The van der Waals surface area contributed by atoms with E-state index in [1.807, 2.05) is 0 Å². The molecule has 0 heterocycles. The number of primary amides is 1. The van der Waals surface area contributed by atoms with E-state index in [9.17, 15) is 22.4 Å². The zero-order valence-corrected chi connectivity index (χ0v) is 19.0. The summed E-state index contributed by atoms with van der Waals surface area (Å²) in [6, 6.07) is 6.10. The Labute approximate surface area is 187 Å². The van der Waals surface area contributed by atoms with E-state index in [2.05, 4.69) is 5.32 Å². The number of methoxy groups -OCH3 is 1. The van der Waals surface area contributed by atoms with E-state index < -0.39 is 27.5 Å². The minimum atomic E-state index is -3.11. The average molecular weight is 463 g/mol. The maximum Gasteiger partial charge on any atom is 0.254 e. The van der Waals surface area contributed by atoms with Crippen molar-refractivity contribution in [3.05, 3.63) is 63.5 Å². The molecule has 172 valence electrons. The van der Waals surface area contributed by atoms with Crippen molar-refractivity contribution in [1.82, 2.24) is 5.32 Å². The second-order valence-electron chi connectivity index (χ2n) is 8.02. The third kappa shape index (κ3) is 5.45. The van der Waals surface area contributed by atoms with Gasteiger partial charge in [-0.3, -0.25) is 9.59 Å². The zero-order chi connectivity index (χ0) is 23.5. The van der Waals surface area contributed by atoms with Crippen LogP contribution < -0.4 is 15.8 Å². The number of halogens is 1. The van der Waals surface area contributed by atoms with Crippen molar-refractivity contribution >= 4 is 21.7 Å². The number of ether oxygens (including phenoxy) is 1. The average Bonchev–Trinajstić information content (AvgIpc) is 3.20. The Kier molecular flexibility index (Phi) is 7.18. The van der Waals surface area contributed by atoms with Crippen molar-refractivity contribution in [2.45, 2.75) is 32.1 Å². The highest BCUT2D eigenvalue weighted by molar-refractivity contribution is 7.90. The second kappa shape index (κ2) is 9.68. The summed E-state index contributed by atoms with van der Waals surface area (Å²) in [7, 11) is -1.60. The van der Waals surface area contributed by atoms with E-state index in [0.717, 1.165) is 42.2 Å². The molecule has 0 radical (unpaired) electrons. The highest BCUT2D eigenvalue weighted by Crippen LogP contribution is 2.37. The van der Waals surface area contributed by atoms with Gasteiger partial charge in [0, 0.05) is 12.8 Å². The smallest absolute Gasteiger partial charge is 0.254 e. The lowest BCUT2D eigenvalue weighted by molar-refractivity contribution is 0.0948. The Bertz CT molecular complexity index is 1160. The van der Waals surface area contributed by atoms with Gasteiger partial charge in [0.05, 0.1) is 24.0 Å². The minimum Gasteiger partial charge on any atom is -0.496 e. The van der Waals surface area contributed by atoms with Crippen LogP contribution in [0.3, 0.4) is 0 Å². The van der Waals surface area contributed by atoms with Crippen molar-refractivity contribution in [2.75, 3.05) is 25.7 Å². The molecule has 0 unspecified atom stereocenters. The molecule has 0 aromatic heterocycles. The van der Waals surface area contributed by atoms with E-state index in [4.69, 9.17) is 10.5 Å². The highest BCUT2D eigenvalue weighted by Gasteiger charge is 2.25. The van der Waals surface area contributed by atoms with Gasteiger partial charge in [0.15, 0.2) is 0 Å². The first-order valence-corrected chi connectivity index (χ1v) is 12.4. The molecule has 2 aromatic rings. The molecule has 0 bridgehead atoms. The number of fused-ring (bicyclic) bond motifs is 1. The summed E-state index contributed by atoms with van der Waals surface area (Å²) in [4.78, 5) is 24.2. The number of amides is 2. The Morgan fingerprint density at radius 1 is 1.16 bits per heavy atom. The molecule has 9 heteroatoms. The monoisotopic (exact) mass is 462 g/mol. The molecule has 1 aliphatic rings. The summed E-state index contributed by atoms with van der Waals surface area (Å²) in [5.74, 6) is -1.37. The molecule has 0 spiro atoms. The van der Waals surface area contributed by atoms with Gasteiger partial charge in [-0.15, -0.1) is 0 Å². The van der Waals surface area contributed by atoms with Crippen LogP contribution in [-0.2, 0) is 29.1 Å². The summed E-state index contributed by atoms with van der Waals surface area (Å²) in [5, 5.41) is 2.54. The van der Waals surface area contributed by atoms with Crippen LogP contribution in [0, 0.1) is 5.82 Å². The van der Waals surface area contributed by atoms with Gasteiger partial charge in [0.1, 0.15) is 21.4 Å². The fourth-order valence-corrected chi connectivity index (χ4v) is 4.78. The van der Waals surface area contributed by atoms with Crippen LogP contribution in [0.1, 0.15) is 55.8 Å². The van der Waals surface area contributed by atoms with Crippen molar-refractivity contribution < 1.29 is 27.1 Å². The molecule has 2 aromatic carbocycles. The lowest BCUT2D eigenvalue weighted by atomic mass is 9.93. The maximum atomic E-state index is 14.7. The van der Waals surface area contributed by atoms with Crippen LogP contribution in [0.15, 0.2) is 24.3 Å². The molecular weight excluding hydrogens is 435 g/mol. The largest absolute Gasteiger partial charge is 0.496 e. The lowest BCUT2D eigenvalue weighted by Crippen LogP contribution is -2.26. The first-order chi connectivity index (χ1) is 15.1. The van der Waals surface area contributed by atoms with Gasteiger partial charge >= 0.3 is 0 Å². The first-order valence-electron chi connectivity index (χ1n) is 10.4. The number of sulfone groups is 1. The molecular formula is C23H27FN2O5S. The van der Waals surface area contributed by atoms with Gasteiger partial charge < -0.3 is 15.8 Å². The van der Waals surface area contributed by atoms with Gasteiger partial charge in [-0.25, -0.2) is 12.8 Å². The number of hydrogen-bond acceptors (Lipinski definition) is 5. The van der Waals surface area contributed by atoms with Crippen LogP contribution in [0.4, 0.5) is 4.39 Å². The summed E-state index contributed by atoms with van der Waals surface area (Å²) >= 11 is 0. The molecule has 0 atom stereocenters. The van der Waals surface area contributed by atoms with Crippen molar-refractivity contribution in [1.29, 1.82) is 0 Å². The highest BCUT2D eigenvalue weighted by atomic mass is 32.2. The van der Waals surface area contributed by atoms with Crippen LogP contribution in [0.2, 0.25) is 0 Å². The van der Waals surface area contributed by atoms with E-state index in [1.54, 1.807) is 12.1 Å². The fourth-order valence-electron chi connectivity index (χ4n) is 4.12. The lowest BCUT2D eigenvalue weighted by Gasteiger charge is -2.16. The van der Waals surface area contributed by atoms with Gasteiger partial charge in [0.25, 0.3) is 11.8 Å². The third-order valence-electron chi connectivity index (χ3n) is 5.56. The van der Waals surface area contributed by atoms with E-state index in [-0.39, 0.29) is 24.3 Å². The van der Waals surface area contributed by atoms with Crippen LogP contribution in [-0.4, -0.2) is 45.9 Å². The van der Waals surface area contributed by atoms with Gasteiger partial charge in [0.2, 0.25) is 0 Å². The molecule has 3 N–H and O–H groups in total. The molecule has 7 nitrogen and oxygen atoms in total. The van der Waals surface area contributed by atoms with E-state index in [1.165, 1.54) is 19.2 Å². The SMILES string of the molecule is COc1c(C(N)=O)cc(Cc2ccc(C(=O)NCCCS(C)(=O)=O)c(F)c2)c2c1CCC2. The number of benzene rings is 2. The molecule has 0 saturated carbocycles. The van der Waals surface area contributed by atoms with Crippen LogP contribution in [0.25, 0.3) is 0 Å². The molecule has 0 aliphatic heterocycles. The number of rotatable bonds is 9. The molecule has 3 rings (SSSR count). The molecule has 2 amide bonds. The van der Waals surface area contributed by atoms with Crippen LogP contribution in [0.5, 0.6) is 5.75 Å². The molecule has 0 fully saturated rings. The van der Waals surface area contributed by atoms with Gasteiger partial charge in [-0.1, -0.05) is 6.07 Å². The van der Waals surface area contributed by atoms with Gasteiger partial charge in [-0.05, 0) is 72.6 Å². The third-order valence-corrected chi connectivity index (χ3v) is 6.59. The first kappa shape index (κ1) is 23.7. The normalized spacial score (nSPS) is 13.0. The molecule has 32 heavy (non-hydrogen) atoms. The maximum absolute atomic E-state index is 14.7. The van der Waals surface area contributed by atoms with Crippen LogP contribution >= 0.6 is 0 Å². The fraction of sp³-hybridized carbons (Fsp3) is 0.391. The van der Waals surface area contributed by atoms with Crippen molar-refractivity contribution in [2.24, 2.45) is 5.73 Å². The number of hydrogen-bond donors (Lipinski definition) is 2. The van der Waals surface area contributed by atoms with Crippen molar-refractivity contribution in [3.63, 3.8) is 0 Å². The van der Waals surface area contributed by atoms with E-state index >= 15 is 0 Å². The summed E-state index contributed by atoms with van der Waals surface area (Å²) in [6.45, 7) is 0.140. The number of nitrogens with one attached hydrogen (secondary N) is 1. The minimum absolute atomic E-state index is 0.0474. The number of carbonyl (C=O) groups is 2. The number of nitrogens with two attached hydrogens (primary N) is 1. The predicted molar refractivity (Wildman–Crippen MR) is 119 cm³/mol. The van der Waals surface area contributed by atoms with Gasteiger partial charge in [-0.2, -0.15) is 0 Å². The zero-order valence-electron chi connectivity index (χ0n) is 18.2.